The van der Waals surface area contributed by atoms with E-state index in [0.29, 0.717) is 28.8 Å². The highest BCUT2D eigenvalue weighted by Crippen LogP contribution is 2.24. The number of hydrogen-bond acceptors (Lipinski definition) is 5. The first-order chi connectivity index (χ1) is 12.4. The number of carbonyl (C=O) groups is 1. The Bertz CT molecular complexity index is 871. The summed E-state index contributed by atoms with van der Waals surface area (Å²) < 4.78 is 26.5. The number of halogens is 1. The molecule has 1 aromatic heterocycles. The highest BCUT2D eigenvalue weighted by molar-refractivity contribution is 8.00. The molecular formula is C17H20ClN3O3S2. The van der Waals surface area contributed by atoms with Gasteiger partial charge in [0.05, 0.1) is 15.7 Å². The third kappa shape index (κ3) is 5.20. The van der Waals surface area contributed by atoms with Gasteiger partial charge in [-0.2, -0.15) is 4.31 Å². The highest BCUT2D eigenvalue weighted by Gasteiger charge is 2.21. The third-order valence-electron chi connectivity index (χ3n) is 3.53. The first-order valence-electron chi connectivity index (χ1n) is 8.01. The number of nitrogens with zero attached hydrogens (tertiary/aromatic N) is 2. The van der Waals surface area contributed by atoms with Crippen molar-refractivity contribution >= 4 is 45.0 Å². The molecule has 26 heavy (non-hydrogen) atoms. The summed E-state index contributed by atoms with van der Waals surface area (Å²) >= 11 is 7.22. The maximum Gasteiger partial charge on any atom is 0.243 e. The summed E-state index contributed by atoms with van der Waals surface area (Å²) in [5, 5.41) is 3.76. The number of aromatic nitrogens is 1. The molecule has 0 unspecified atom stereocenters. The van der Waals surface area contributed by atoms with Crippen LogP contribution in [0.2, 0.25) is 5.02 Å². The summed E-state index contributed by atoms with van der Waals surface area (Å²) in [6, 6.07) is 9.66. The molecule has 2 aromatic rings. The van der Waals surface area contributed by atoms with E-state index in [9.17, 15) is 13.2 Å². The number of pyridine rings is 1. The number of carbonyl (C=O) groups excluding carboxylic acids is 1. The number of rotatable bonds is 8. The summed E-state index contributed by atoms with van der Waals surface area (Å²) in [4.78, 5) is 16.4. The van der Waals surface area contributed by atoms with E-state index in [2.05, 4.69) is 10.3 Å². The van der Waals surface area contributed by atoms with Crippen LogP contribution in [-0.2, 0) is 14.8 Å². The van der Waals surface area contributed by atoms with E-state index in [1.165, 1.54) is 28.2 Å². The number of nitrogens with one attached hydrogen (secondary N) is 1. The fourth-order valence-corrected chi connectivity index (χ4v) is 4.73. The van der Waals surface area contributed by atoms with Crippen molar-refractivity contribution in [3.8, 4) is 0 Å². The van der Waals surface area contributed by atoms with E-state index in [4.69, 9.17) is 11.6 Å². The number of hydrogen-bond donors (Lipinski definition) is 1. The van der Waals surface area contributed by atoms with Gasteiger partial charge in [-0.25, -0.2) is 13.4 Å². The minimum Gasteiger partial charge on any atom is -0.325 e. The Hall–Kier alpha value is -1.61. The van der Waals surface area contributed by atoms with Crippen LogP contribution in [0.5, 0.6) is 0 Å². The molecule has 0 saturated heterocycles. The van der Waals surface area contributed by atoms with E-state index >= 15 is 0 Å². The zero-order chi connectivity index (χ0) is 19.2. The molecule has 0 aliphatic heterocycles. The molecule has 140 valence electrons. The second-order valence-electron chi connectivity index (χ2n) is 5.24. The Morgan fingerprint density at radius 3 is 2.62 bits per heavy atom. The number of amides is 1. The maximum absolute atomic E-state index is 12.6. The quantitative estimate of drug-likeness (QED) is 0.670. The van der Waals surface area contributed by atoms with E-state index < -0.39 is 10.0 Å². The van der Waals surface area contributed by atoms with Crippen molar-refractivity contribution in [3.63, 3.8) is 0 Å². The van der Waals surface area contributed by atoms with Crippen LogP contribution in [0.3, 0.4) is 0 Å². The molecule has 0 fully saturated rings. The molecule has 1 amide bonds. The Morgan fingerprint density at radius 2 is 1.96 bits per heavy atom. The molecule has 0 spiro atoms. The van der Waals surface area contributed by atoms with Gasteiger partial charge in [0.1, 0.15) is 5.03 Å². The normalized spacial score (nSPS) is 11.5. The topological polar surface area (TPSA) is 79.4 Å². The van der Waals surface area contributed by atoms with Crippen molar-refractivity contribution in [2.75, 3.05) is 24.2 Å². The summed E-state index contributed by atoms with van der Waals surface area (Å²) in [5.74, 6) is -0.155. The Balaban J connectivity index is 2.06. The lowest BCUT2D eigenvalue weighted by Gasteiger charge is -2.18. The van der Waals surface area contributed by atoms with Crippen molar-refractivity contribution < 1.29 is 13.2 Å². The van der Waals surface area contributed by atoms with Crippen LogP contribution in [0, 0.1) is 0 Å². The largest absolute Gasteiger partial charge is 0.325 e. The summed E-state index contributed by atoms with van der Waals surface area (Å²) in [7, 11) is -3.57. The van der Waals surface area contributed by atoms with Crippen LogP contribution in [0.4, 0.5) is 5.69 Å². The molecule has 0 atom stereocenters. The van der Waals surface area contributed by atoms with Crippen molar-refractivity contribution in [1.82, 2.24) is 9.29 Å². The smallest absolute Gasteiger partial charge is 0.243 e. The van der Waals surface area contributed by atoms with Gasteiger partial charge in [0.25, 0.3) is 0 Å². The van der Waals surface area contributed by atoms with Gasteiger partial charge in [0.2, 0.25) is 15.9 Å². The van der Waals surface area contributed by atoms with Crippen LogP contribution in [0.25, 0.3) is 0 Å². The fraction of sp³-hybridized carbons (Fsp3) is 0.294. The van der Waals surface area contributed by atoms with E-state index in [0.717, 1.165) is 0 Å². The van der Waals surface area contributed by atoms with Gasteiger partial charge >= 0.3 is 0 Å². The van der Waals surface area contributed by atoms with Gasteiger partial charge in [0, 0.05) is 25.0 Å². The van der Waals surface area contributed by atoms with Crippen molar-refractivity contribution in [1.29, 1.82) is 0 Å². The van der Waals surface area contributed by atoms with Crippen LogP contribution < -0.4 is 5.32 Å². The zero-order valence-electron chi connectivity index (χ0n) is 14.5. The number of anilines is 1. The van der Waals surface area contributed by atoms with Gasteiger partial charge in [-0.1, -0.05) is 43.3 Å². The van der Waals surface area contributed by atoms with Gasteiger partial charge in [0.15, 0.2) is 0 Å². The highest BCUT2D eigenvalue weighted by atomic mass is 35.5. The fourth-order valence-electron chi connectivity index (χ4n) is 2.26. The predicted molar refractivity (Wildman–Crippen MR) is 105 cm³/mol. The summed E-state index contributed by atoms with van der Waals surface area (Å²) in [6.07, 6.45) is 1.60. The SMILES string of the molecule is CCN(CC)S(=O)(=O)c1cccc(NC(=O)CSc2ncccc2Cl)c1. The molecule has 0 aliphatic carbocycles. The van der Waals surface area contributed by atoms with E-state index in [-0.39, 0.29) is 16.6 Å². The molecule has 2 rings (SSSR count). The van der Waals surface area contributed by atoms with E-state index in [1.807, 2.05) is 0 Å². The Kier molecular flexibility index (Phi) is 7.45. The maximum atomic E-state index is 12.6. The van der Waals surface area contributed by atoms with Crippen LogP contribution in [-0.4, -0.2) is 42.5 Å². The second kappa shape index (κ2) is 9.36. The minimum absolute atomic E-state index is 0.115. The van der Waals surface area contributed by atoms with Crippen molar-refractivity contribution in [3.05, 3.63) is 47.6 Å². The van der Waals surface area contributed by atoms with Gasteiger partial charge in [-0.3, -0.25) is 4.79 Å². The van der Waals surface area contributed by atoms with Crippen LogP contribution in [0.1, 0.15) is 13.8 Å². The Labute approximate surface area is 163 Å². The molecule has 1 aromatic carbocycles. The first kappa shape index (κ1) is 20.7. The molecule has 0 bridgehead atoms. The van der Waals surface area contributed by atoms with Crippen molar-refractivity contribution in [2.24, 2.45) is 0 Å². The van der Waals surface area contributed by atoms with Crippen LogP contribution >= 0.6 is 23.4 Å². The average molecular weight is 414 g/mol. The lowest BCUT2D eigenvalue weighted by molar-refractivity contribution is -0.113. The molecule has 0 aliphatic rings. The molecule has 1 N–H and O–H groups in total. The average Bonchev–Trinajstić information content (AvgIpc) is 2.62. The molecule has 0 saturated carbocycles. The van der Waals surface area contributed by atoms with Gasteiger partial charge in [-0.05, 0) is 30.3 Å². The molecular weight excluding hydrogens is 394 g/mol. The Morgan fingerprint density at radius 1 is 1.23 bits per heavy atom. The minimum atomic E-state index is -3.57. The monoisotopic (exact) mass is 413 g/mol. The summed E-state index contributed by atoms with van der Waals surface area (Å²) in [6.45, 7) is 4.34. The van der Waals surface area contributed by atoms with Gasteiger partial charge in [-0.15, -0.1) is 0 Å². The lowest BCUT2D eigenvalue weighted by atomic mass is 10.3. The number of benzene rings is 1. The molecule has 6 nitrogen and oxygen atoms in total. The number of sulfonamides is 1. The molecule has 0 radical (unpaired) electrons. The molecule has 9 heteroatoms. The lowest BCUT2D eigenvalue weighted by Crippen LogP contribution is -2.30. The molecule has 1 heterocycles. The van der Waals surface area contributed by atoms with Crippen LogP contribution in [0.15, 0.2) is 52.5 Å². The second-order valence-corrected chi connectivity index (χ2v) is 8.55. The summed E-state index contributed by atoms with van der Waals surface area (Å²) in [5.41, 5.74) is 0.427. The third-order valence-corrected chi connectivity index (χ3v) is 6.99. The number of thioether (sulfide) groups is 1. The predicted octanol–water partition coefficient (Wildman–Crippen LogP) is 3.50. The van der Waals surface area contributed by atoms with E-state index in [1.54, 1.807) is 44.3 Å². The standard InChI is InChI=1S/C17H20ClN3O3S2/c1-3-21(4-2)26(23,24)14-8-5-7-13(11-14)20-16(22)12-25-17-15(18)9-6-10-19-17/h5-11H,3-4,12H2,1-2H3,(H,20,22). The zero-order valence-corrected chi connectivity index (χ0v) is 16.9. The van der Waals surface area contributed by atoms with Gasteiger partial charge < -0.3 is 5.32 Å². The van der Waals surface area contributed by atoms with Crippen molar-refractivity contribution in [2.45, 2.75) is 23.8 Å². The first-order valence-corrected chi connectivity index (χ1v) is 10.8.